The van der Waals surface area contributed by atoms with Crippen molar-refractivity contribution in [3.63, 3.8) is 0 Å². The van der Waals surface area contributed by atoms with Crippen molar-refractivity contribution in [3.05, 3.63) is 38.8 Å². The summed E-state index contributed by atoms with van der Waals surface area (Å²) in [7, 11) is -2.98. The van der Waals surface area contributed by atoms with Gasteiger partial charge in [0.2, 0.25) is 0 Å². The standard InChI is InChI=1S/C21H28ClN3O3S2/c1-30(26,27)9-7-25-14-15(12-23-25)13-24-6-5-21(11-18(24)16-2-3-16)20-17(4-8-28-21)10-19(22)29-20/h10,12,14,16,18H,2-9,11,13H2,1H3. The maximum absolute atomic E-state index is 11.4. The minimum absolute atomic E-state index is 0.119. The Bertz CT molecular complexity index is 1030. The third-order valence-corrected chi connectivity index (χ3v) is 9.10. The van der Waals surface area contributed by atoms with E-state index in [2.05, 4.69) is 16.1 Å². The maximum atomic E-state index is 11.4. The Kier molecular flexibility index (Phi) is 5.51. The number of fused-ring (bicyclic) bond motifs is 2. The monoisotopic (exact) mass is 469 g/mol. The lowest BCUT2D eigenvalue weighted by molar-refractivity contribution is -0.116. The highest BCUT2D eigenvalue weighted by Gasteiger charge is 2.49. The van der Waals surface area contributed by atoms with Gasteiger partial charge in [-0.2, -0.15) is 5.10 Å². The van der Waals surface area contributed by atoms with E-state index in [1.807, 2.05) is 12.4 Å². The lowest BCUT2D eigenvalue weighted by Gasteiger charge is -2.48. The second-order valence-corrected chi connectivity index (χ2v) is 13.0. The van der Waals surface area contributed by atoms with E-state index in [-0.39, 0.29) is 11.4 Å². The van der Waals surface area contributed by atoms with Crippen LogP contribution >= 0.6 is 22.9 Å². The van der Waals surface area contributed by atoms with Gasteiger partial charge < -0.3 is 4.74 Å². The Morgan fingerprint density at radius 1 is 1.40 bits per heavy atom. The second kappa shape index (κ2) is 7.89. The van der Waals surface area contributed by atoms with Gasteiger partial charge in [0.25, 0.3) is 0 Å². The molecule has 3 aliphatic rings. The Labute approximate surface area is 187 Å². The highest BCUT2D eigenvalue weighted by molar-refractivity contribution is 7.90. The van der Waals surface area contributed by atoms with Crippen LogP contribution in [0.4, 0.5) is 0 Å². The molecule has 0 aromatic carbocycles. The Morgan fingerprint density at radius 3 is 3.00 bits per heavy atom. The zero-order valence-electron chi connectivity index (χ0n) is 17.2. The number of hydrogen-bond donors (Lipinski definition) is 0. The van der Waals surface area contributed by atoms with Gasteiger partial charge in [0.1, 0.15) is 15.4 Å². The summed E-state index contributed by atoms with van der Waals surface area (Å²) in [5.74, 6) is 0.862. The lowest BCUT2D eigenvalue weighted by atomic mass is 9.80. The first-order valence-corrected chi connectivity index (χ1v) is 13.9. The first kappa shape index (κ1) is 20.9. The predicted molar refractivity (Wildman–Crippen MR) is 119 cm³/mol. The fourth-order valence-corrected chi connectivity index (χ4v) is 7.03. The molecule has 2 aromatic rings. The third-order valence-electron chi connectivity index (χ3n) is 6.68. The molecular weight excluding hydrogens is 442 g/mol. The SMILES string of the molecule is CS(=O)(=O)CCn1cc(CN2CCC3(CC2C2CC2)OCCc2cc(Cl)sc23)cn1. The molecule has 0 radical (unpaired) electrons. The van der Waals surface area contributed by atoms with Gasteiger partial charge in [-0.3, -0.25) is 9.58 Å². The summed E-state index contributed by atoms with van der Waals surface area (Å²) in [5.41, 5.74) is 2.36. The van der Waals surface area contributed by atoms with Gasteiger partial charge in [0.05, 0.1) is 29.4 Å². The first-order valence-electron chi connectivity index (χ1n) is 10.7. The molecule has 4 heterocycles. The van der Waals surface area contributed by atoms with Gasteiger partial charge in [-0.1, -0.05) is 11.6 Å². The summed E-state index contributed by atoms with van der Waals surface area (Å²) >= 11 is 8.07. The molecule has 0 bridgehead atoms. The molecule has 2 aromatic heterocycles. The van der Waals surface area contributed by atoms with Crippen molar-refractivity contribution in [3.8, 4) is 0 Å². The van der Waals surface area contributed by atoms with Crippen LogP contribution in [0.2, 0.25) is 4.34 Å². The predicted octanol–water partition coefficient (Wildman–Crippen LogP) is 3.49. The number of nitrogens with zero attached hydrogens (tertiary/aromatic N) is 3. The van der Waals surface area contributed by atoms with Gasteiger partial charge >= 0.3 is 0 Å². The fourth-order valence-electron chi connectivity index (χ4n) is 5.03. The van der Waals surface area contributed by atoms with Gasteiger partial charge in [-0.25, -0.2) is 8.42 Å². The van der Waals surface area contributed by atoms with Crippen LogP contribution in [0.5, 0.6) is 0 Å². The number of ether oxygens (including phenoxy) is 1. The topological polar surface area (TPSA) is 64.4 Å². The minimum atomic E-state index is -2.98. The van der Waals surface area contributed by atoms with Crippen LogP contribution in [0.1, 0.15) is 41.7 Å². The van der Waals surface area contributed by atoms with Crippen LogP contribution in [0.3, 0.4) is 0 Å². The van der Waals surface area contributed by atoms with Crippen molar-refractivity contribution in [2.24, 2.45) is 5.92 Å². The van der Waals surface area contributed by atoms with E-state index in [0.29, 0.717) is 12.6 Å². The highest BCUT2D eigenvalue weighted by Crippen LogP contribution is 2.51. The zero-order chi connectivity index (χ0) is 20.9. The summed E-state index contributed by atoms with van der Waals surface area (Å²) in [6.45, 7) is 3.03. The lowest BCUT2D eigenvalue weighted by Crippen LogP contribution is -2.51. The molecule has 0 amide bonds. The smallest absolute Gasteiger partial charge is 0.149 e. The molecule has 2 fully saturated rings. The molecular formula is C21H28ClN3O3S2. The first-order chi connectivity index (χ1) is 14.3. The zero-order valence-corrected chi connectivity index (χ0v) is 19.6. The number of hydrogen-bond acceptors (Lipinski definition) is 6. The number of aromatic nitrogens is 2. The van der Waals surface area contributed by atoms with Crippen molar-refractivity contribution >= 4 is 32.8 Å². The van der Waals surface area contributed by atoms with Crippen LogP contribution < -0.4 is 0 Å². The van der Waals surface area contributed by atoms with Crippen LogP contribution in [0.25, 0.3) is 0 Å². The van der Waals surface area contributed by atoms with Crippen molar-refractivity contribution in [1.29, 1.82) is 0 Å². The molecule has 6 nitrogen and oxygen atoms in total. The molecule has 2 unspecified atom stereocenters. The Hall–Kier alpha value is -0.930. The quantitative estimate of drug-likeness (QED) is 0.648. The van der Waals surface area contributed by atoms with E-state index in [1.54, 1.807) is 16.0 Å². The number of thiophene rings is 1. The minimum Gasteiger partial charge on any atom is -0.369 e. The van der Waals surface area contributed by atoms with Gasteiger partial charge in [-0.05, 0) is 49.7 Å². The summed E-state index contributed by atoms with van der Waals surface area (Å²) in [6.07, 6.45) is 10.7. The number of sulfone groups is 1. The molecule has 30 heavy (non-hydrogen) atoms. The number of halogens is 1. The van der Waals surface area contributed by atoms with Gasteiger partial charge in [0.15, 0.2) is 0 Å². The van der Waals surface area contributed by atoms with Crippen molar-refractivity contribution in [1.82, 2.24) is 14.7 Å². The summed E-state index contributed by atoms with van der Waals surface area (Å²) in [4.78, 5) is 3.95. The molecule has 5 rings (SSSR count). The van der Waals surface area contributed by atoms with Crippen LogP contribution in [-0.4, -0.2) is 54.3 Å². The fraction of sp³-hybridized carbons (Fsp3) is 0.667. The van der Waals surface area contributed by atoms with Gasteiger partial charge in [-0.15, -0.1) is 11.3 Å². The summed E-state index contributed by atoms with van der Waals surface area (Å²) in [5, 5.41) is 4.37. The van der Waals surface area contributed by atoms with E-state index in [0.717, 1.165) is 54.8 Å². The van der Waals surface area contributed by atoms with Crippen LogP contribution in [-0.2, 0) is 39.7 Å². The molecule has 1 saturated heterocycles. The average molecular weight is 470 g/mol. The molecule has 1 aliphatic carbocycles. The van der Waals surface area contributed by atoms with E-state index < -0.39 is 9.84 Å². The van der Waals surface area contributed by atoms with Crippen LogP contribution in [0.15, 0.2) is 18.5 Å². The van der Waals surface area contributed by atoms with E-state index in [4.69, 9.17) is 16.3 Å². The normalized spacial score (nSPS) is 27.5. The number of piperidine rings is 1. The molecule has 1 spiro atoms. The Balaban J connectivity index is 1.31. The average Bonchev–Trinajstić information content (AvgIpc) is 3.31. The number of aryl methyl sites for hydroxylation is 1. The second-order valence-electron chi connectivity index (χ2n) is 9.07. The molecule has 9 heteroatoms. The molecule has 1 saturated carbocycles. The Morgan fingerprint density at radius 2 is 2.23 bits per heavy atom. The van der Waals surface area contributed by atoms with E-state index in [1.165, 1.54) is 29.5 Å². The van der Waals surface area contributed by atoms with Crippen LogP contribution in [0, 0.1) is 5.92 Å². The molecule has 2 aliphatic heterocycles. The maximum Gasteiger partial charge on any atom is 0.149 e. The number of likely N-dealkylation sites (tertiary alicyclic amines) is 1. The highest BCUT2D eigenvalue weighted by atomic mass is 35.5. The molecule has 0 N–H and O–H groups in total. The van der Waals surface area contributed by atoms with Crippen molar-refractivity contribution < 1.29 is 13.2 Å². The summed E-state index contributed by atoms with van der Waals surface area (Å²) < 4.78 is 31.9. The van der Waals surface area contributed by atoms with Gasteiger partial charge in [0, 0.05) is 42.0 Å². The largest absolute Gasteiger partial charge is 0.369 e. The van der Waals surface area contributed by atoms with E-state index in [9.17, 15) is 8.42 Å². The van der Waals surface area contributed by atoms with Crippen molar-refractivity contribution in [2.75, 3.05) is 25.2 Å². The summed E-state index contributed by atoms with van der Waals surface area (Å²) in [6, 6.07) is 2.64. The molecule has 164 valence electrons. The number of rotatable bonds is 6. The molecule has 2 atom stereocenters. The van der Waals surface area contributed by atoms with Crippen molar-refractivity contribution in [2.45, 2.75) is 56.8 Å². The van der Waals surface area contributed by atoms with E-state index >= 15 is 0 Å². The third kappa shape index (κ3) is 4.35.